The fraction of sp³-hybridized carbons (Fsp3) is 0.900. The second-order valence-corrected chi connectivity index (χ2v) is 6.92. The van der Waals surface area contributed by atoms with Gasteiger partial charge in [0, 0.05) is 6.54 Å². The van der Waals surface area contributed by atoms with Gasteiger partial charge in [-0.2, -0.15) is 0 Å². The van der Waals surface area contributed by atoms with Crippen molar-refractivity contribution in [1.29, 1.82) is 0 Å². The summed E-state index contributed by atoms with van der Waals surface area (Å²) in [7, 11) is 0. The summed E-state index contributed by atoms with van der Waals surface area (Å²) < 4.78 is -1.82. The highest BCUT2D eigenvalue weighted by Crippen LogP contribution is 2.48. The van der Waals surface area contributed by atoms with Gasteiger partial charge in [0.25, 0.3) is 9.70 Å². The topological polar surface area (TPSA) is 29.1 Å². The highest BCUT2D eigenvalue weighted by Gasteiger charge is 2.40. The average Bonchev–Trinajstić information content (AvgIpc) is 2.73. The molecule has 0 spiro atoms. The molecule has 2 aliphatic carbocycles. The van der Waals surface area contributed by atoms with Crippen molar-refractivity contribution in [2.75, 3.05) is 6.54 Å². The molecular weight excluding hydrogens is 256 g/mol. The van der Waals surface area contributed by atoms with Gasteiger partial charge in [0.2, 0.25) is 0 Å². The summed E-state index contributed by atoms with van der Waals surface area (Å²) in [6, 6.07) is 0. The van der Waals surface area contributed by atoms with Crippen molar-refractivity contribution in [2.24, 2.45) is 17.8 Å². The molecule has 15 heavy (non-hydrogen) atoms. The van der Waals surface area contributed by atoms with Crippen molar-refractivity contribution in [3.05, 3.63) is 0 Å². The number of halogens is 3. The third kappa shape index (κ3) is 2.72. The molecule has 0 unspecified atom stereocenters. The zero-order valence-corrected chi connectivity index (χ0v) is 10.6. The highest BCUT2D eigenvalue weighted by atomic mass is 35.6. The molecule has 2 saturated carbocycles. The van der Waals surface area contributed by atoms with Crippen LogP contribution in [0, 0.1) is 17.8 Å². The highest BCUT2D eigenvalue weighted by molar-refractivity contribution is 6.76. The zero-order chi connectivity index (χ0) is 11.1. The van der Waals surface area contributed by atoms with Gasteiger partial charge in [0.1, 0.15) is 0 Å². The van der Waals surface area contributed by atoms with Gasteiger partial charge in [-0.05, 0) is 37.0 Å². The Morgan fingerprint density at radius 1 is 1.27 bits per heavy atom. The minimum atomic E-state index is -1.82. The average molecular weight is 271 g/mol. The van der Waals surface area contributed by atoms with Crippen molar-refractivity contribution >= 4 is 40.7 Å². The summed E-state index contributed by atoms with van der Waals surface area (Å²) in [4.78, 5) is 11.3. The molecule has 2 fully saturated rings. The van der Waals surface area contributed by atoms with Gasteiger partial charge in [0.15, 0.2) is 0 Å². The standard InChI is InChI=1S/C10H14Cl3NO/c11-10(12,13)9(15)14-5-8-4-6-1-2-7(8)3-6/h6-8H,1-5H2,(H,14,15)/t6-,7-,8-/m1/s1. The first kappa shape index (κ1) is 11.8. The maximum atomic E-state index is 11.3. The molecule has 5 heteroatoms. The minimum Gasteiger partial charge on any atom is -0.352 e. The predicted octanol–water partition coefficient (Wildman–Crippen LogP) is 2.91. The Kier molecular flexibility index (Phi) is 3.39. The lowest BCUT2D eigenvalue weighted by Crippen LogP contribution is -2.38. The second-order valence-electron chi connectivity index (χ2n) is 4.64. The largest absolute Gasteiger partial charge is 0.352 e. The molecule has 0 radical (unpaired) electrons. The van der Waals surface area contributed by atoms with E-state index in [4.69, 9.17) is 34.8 Å². The first-order valence-corrected chi connectivity index (χ1v) is 6.45. The molecule has 1 amide bonds. The molecule has 0 heterocycles. The first-order valence-electron chi connectivity index (χ1n) is 5.32. The van der Waals surface area contributed by atoms with E-state index in [0.29, 0.717) is 12.5 Å². The van der Waals surface area contributed by atoms with E-state index >= 15 is 0 Å². The van der Waals surface area contributed by atoms with Crippen molar-refractivity contribution < 1.29 is 4.79 Å². The van der Waals surface area contributed by atoms with Gasteiger partial charge in [-0.3, -0.25) is 4.79 Å². The molecule has 2 aliphatic rings. The Bertz CT molecular complexity index is 264. The van der Waals surface area contributed by atoms with Crippen LogP contribution in [0.5, 0.6) is 0 Å². The van der Waals surface area contributed by atoms with Gasteiger partial charge >= 0.3 is 0 Å². The van der Waals surface area contributed by atoms with E-state index in [-0.39, 0.29) is 0 Å². The quantitative estimate of drug-likeness (QED) is 0.768. The van der Waals surface area contributed by atoms with Gasteiger partial charge in [-0.1, -0.05) is 41.2 Å². The predicted molar refractivity (Wildman–Crippen MR) is 62.2 cm³/mol. The maximum absolute atomic E-state index is 11.3. The molecule has 1 N–H and O–H groups in total. The molecule has 2 nitrogen and oxygen atoms in total. The van der Waals surface area contributed by atoms with Gasteiger partial charge < -0.3 is 5.32 Å². The van der Waals surface area contributed by atoms with Crippen molar-refractivity contribution in [3.8, 4) is 0 Å². The summed E-state index contributed by atoms with van der Waals surface area (Å²) in [5, 5.41) is 2.71. The molecule has 0 saturated heterocycles. The second kappa shape index (κ2) is 4.31. The summed E-state index contributed by atoms with van der Waals surface area (Å²) in [5.74, 6) is 1.76. The molecule has 0 aromatic heterocycles. The molecule has 0 aromatic rings. The fourth-order valence-corrected chi connectivity index (χ4v) is 3.15. The van der Waals surface area contributed by atoms with E-state index in [2.05, 4.69) is 5.32 Å². The summed E-state index contributed by atoms with van der Waals surface area (Å²) in [6.45, 7) is 0.661. The lowest BCUT2D eigenvalue weighted by molar-refractivity contribution is -0.120. The molecule has 86 valence electrons. The number of nitrogens with one attached hydrogen (secondary N) is 1. The molecule has 2 bridgehead atoms. The van der Waals surface area contributed by atoms with Crippen LogP contribution in [0.4, 0.5) is 0 Å². The van der Waals surface area contributed by atoms with Crippen LogP contribution in [0.2, 0.25) is 0 Å². The number of carbonyl (C=O) groups is 1. The number of alkyl halides is 3. The van der Waals surface area contributed by atoms with Crippen LogP contribution < -0.4 is 5.32 Å². The van der Waals surface area contributed by atoms with Crippen LogP contribution in [0.3, 0.4) is 0 Å². The summed E-state index contributed by atoms with van der Waals surface area (Å²) >= 11 is 16.4. The maximum Gasteiger partial charge on any atom is 0.272 e. The molecule has 0 aliphatic heterocycles. The van der Waals surface area contributed by atoms with E-state index in [1.165, 1.54) is 25.7 Å². The van der Waals surface area contributed by atoms with Crippen LogP contribution in [-0.4, -0.2) is 16.2 Å². The Balaban J connectivity index is 1.77. The van der Waals surface area contributed by atoms with Crippen LogP contribution in [0.15, 0.2) is 0 Å². The Morgan fingerprint density at radius 3 is 2.47 bits per heavy atom. The van der Waals surface area contributed by atoms with Gasteiger partial charge in [-0.25, -0.2) is 0 Å². The zero-order valence-electron chi connectivity index (χ0n) is 8.31. The lowest BCUT2D eigenvalue weighted by Gasteiger charge is -2.22. The molecule has 3 atom stereocenters. The number of rotatable bonds is 2. The number of carbonyl (C=O) groups excluding carboxylic acids is 1. The van der Waals surface area contributed by atoms with E-state index in [1.807, 2.05) is 0 Å². The van der Waals surface area contributed by atoms with Crippen LogP contribution in [0.25, 0.3) is 0 Å². The molecular formula is C10H14Cl3NO. The number of amides is 1. The summed E-state index contributed by atoms with van der Waals surface area (Å²) in [5.41, 5.74) is 0. The fourth-order valence-electron chi connectivity index (χ4n) is 2.95. The van der Waals surface area contributed by atoms with Crippen LogP contribution in [0.1, 0.15) is 25.7 Å². The number of hydrogen-bond donors (Lipinski definition) is 1. The van der Waals surface area contributed by atoms with E-state index in [9.17, 15) is 4.79 Å². The number of hydrogen-bond acceptors (Lipinski definition) is 1. The van der Waals surface area contributed by atoms with Crippen molar-refractivity contribution in [3.63, 3.8) is 0 Å². The monoisotopic (exact) mass is 269 g/mol. The van der Waals surface area contributed by atoms with E-state index < -0.39 is 9.70 Å². The van der Waals surface area contributed by atoms with Crippen LogP contribution >= 0.6 is 34.8 Å². The lowest BCUT2D eigenvalue weighted by atomic mass is 9.89. The minimum absolute atomic E-state index is 0.504. The smallest absolute Gasteiger partial charge is 0.272 e. The van der Waals surface area contributed by atoms with Crippen molar-refractivity contribution in [2.45, 2.75) is 29.5 Å². The van der Waals surface area contributed by atoms with E-state index in [0.717, 1.165) is 11.8 Å². The Hall–Kier alpha value is 0.340. The molecule has 0 aromatic carbocycles. The SMILES string of the molecule is O=C(NC[C@H]1C[C@@H]2CC[C@@H]1C2)C(Cl)(Cl)Cl. The van der Waals surface area contributed by atoms with Gasteiger partial charge in [-0.15, -0.1) is 0 Å². The summed E-state index contributed by atoms with van der Waals surface area (Å²) in [6.07, 6.45) is 5.22. The van der Waals surface area contributed by atoms with Crippen LogP contribution in [-0.2, 0) is 4.79 Å². The Morgan fingerprint density at radius 2 is 2.00 bits per heavy atom. The van der Waals surface area contributed by atoms with E-state index in [1.54, 1.807) is 0 Å². The Labute approximate surface area is 105 Å². The first-order chi connectivity index (χ1) is 6.97. The normalized spacial score (nSPS) is 34.5. The number of fused-ring (bicyclic) bond motifs is 2. The molecule has 2 rings (SSSR count). The van der Waals surface area contributed by atoms with Gasteiger partial charge in [0.05, 0.1) is 0 Å². The third-order valence-corrected chi connectivity index (χ3v) is 4.18. The van der Waals surface area contributed by atoms with Crippen molar-refractivity contribution in [1.82, 2.24) is 5.32 Å². The third-order valence-electron chi connectivity index (χ3n) is 3.67.